The van der Waals surface area contributed by atoms with Gasteiger partial charge in [-0.3, -0.25) is 4.79 Å². The summed E-state index contributed by atoms with van der Waals surface area (Å²) in [4.78, 5) is 14.0. The minimum Gasteiger partial charge on any atom is -0.508 e. The number of carbonyl (C=O) groups is 1. The molecule has 19 heavy (non-hydrogen) atoms. The molecule has 0 spiro atoms. The molecular weight excluding hydrogens is 242 g/mol. The molecule has 0 bridgehead atoms. The Bertz CT molecular complexity index is 390. The summed E-state index contributed by atoms with van der Waals surface area (Å²) < 4.78 is 0. The number of hydrogen-bond acceptors (Lipinski definition) is 4. The first-order valence-electron chi connectivity index (χ1n) is 6.40. The smallest absolute Gasteiger partial charge is 0.237 e. The normalized spacial score (nSPS) is 12.4. The highest BCUT2D eigenvalue weighted by Gasteiger charge is 2.16. The van der Waals surface area contributed by atoms with E-state index in [1.54, 1.807) is 19.2 Å². The molecular formula is C14H23N3O2. The van der Waals surface area contributed by atoms with Gasteiger partial charge in [0.05, 0.1) is 6.04 Å². The standard InChI is InChI=1S/C14H23N3O2/c1-15-13(14(19)16-8-9-17(2)3)10-11-4-6-12(18)7-5-11/h4-7,13,15,18H,8-10H2,1-3H3,(H,16,19). The zero-order valence-corrected chi connectivity index (χ0v) is 11.8. The number of hydrogen-bond donors (Lipinski definition) is 3. The fourth-order valence-electron chi connectivity index (χ4n) is 1.72. The van der Waals surface area contributed by atoms with Gasteiger partial charge in [0.2, 0.25) is 5.91 Å². The van der Waals surface area contributed by atoms with Crippen LogP contribution in [0.1, 0.15) is 5.56 Å². The Balaban J connectivity index is 2.48. The summed E-state index contributed by atoms with van der Waals surface area (Å²) in [6, 6.07) is 6.66. The van der Waals surface area contributed by atoms with Crippen molar-refractivity contribution in [2.45, 2.75) is 12.5 Å². The fourth-order valence-corrected chi connectivity index (χ4v) is 1.72. The van der Waals surface area contributed by atoms with Crippen molar-refractivity contribution in [1.29, 1.82) is 0 Å². The summed E-state index contributed by atoms with van der Waals surface area (Å²) >= 11 is 0. The first-order chi connectivity index (χ1) is 9.02. The zero-order valence-electron chi connectivity index (χ0n) is 11.8. The van der Waals surface area contributed by atoms with Crippen molar-refractivity contribution < 1.29 is 9.90 Å². The number of carbonyl (C=O) groups excluding carboxylic acids is 1. The highest BCUT2D eigenvalue weighted by molar-refractivity contribution is 5.82. The van der Waals surface area contributed by atoms with Crippen LogP contribution in [-0.4, -0.2) is 56.2 Å². The average Bonchev–Trinajstić information content (AvgIpc) is 2.37. The Morgan fingerprint density at radius 1 is 1.32 bits per heavy atom. The number of likely N-dealkylation sites (N-methyl/N-ethyl adjacent to an activating group) is 2. The summed E-state index contributed by atoms with van der Waals surface area (Å²) in [5, 5.41) is 15.1. The third-order valence-corrected chi connectivity index (χ3v) is 2.90. The Hall–Kier alpha value is -1.59. The summed E-state index contributed by atoms with van der Waals surface area (Å²) in [6.45, 7) is 1.46. The third kappa shape index (κ3) is 5.72. The van der Waals surface area contributed by atoms with Gasteiger partial charge >= 0.3 is 0 Å². The van der Waals surface area contributed by atoms with E-state index in [4.69, 9.17) is 0 Å². The van der Waals surface area contributed by atoms with Crippen molar-refractivity contribution in [3.8, 4) is 5.75 Å². The molecule has 0 radical (unpaired) electrons. The lowest BCUT2D eigenvalue weighted by Gasteiger charge is -2.17. The van der Waals surface area contributed by atoms with E-state index in [1.807, 2.05) is 31.1 Å². The maximum Gasteiger partial charge on any atom is 0.237 e. The predicted molar refractivity (Wildman–Crippen MR) is 76.2 cm³/mol. The average molecular weight is 265 g/mol. The number of nitrogens with zero attached hydrogens (tertiary/aromatic N) is 1. The molecule has 1 amide bonds. The molecule has 3 N–H and O–H groups in total. The van der Waals surface area contributed by atoms with Crippen LogP contribution in [0.2, 0.25) is 0 Å². The molecule has 1 rings (SSSR count). The quantitative estimate of drug-likeness (QED) is 0.659. The Labute approximate surface area is 114 Å². The van der Waals surface area contributed by atoms with Gasteiger partial charge in [0, 0.05) is 13.1 Å². The molecule has 5 nitrogen and oxygen atoms in total. The van der Waals surface area contributed by atoms with Gasteiger partial charge in [-0.05, 0) is 45.3 Å². The molecule has 0 aliphatic carbocycles. The van der Waals surface area contributed by atoms with Crippen molar-refractivity contribution in [3.63, 3.8) is 0 Å². The molecule has 1 unspecified atom stereocenters. The van der Waals surface area contributed by atoms with E-state index in [2.05, 4.69) is 10.6 Å². The van der Waals surface area contributed by atoms with E-state index >= 15 is 0 Å². The molecule has 0 fully saturated rings. The fraction of sp³-hybridized carbons (Fsp3) is 0.500. The number of benzene rings is 1. The maximum absolute atomic E-state index is 12.0. The lowest BCUT2D eigenvalue weighted by atomic mass is 10.1. The molecule has 106 valence electrons. The van der Waals surface area contributed by atoms with Gasteiger partial charge in [0.1, 0.15) is 5.75 Å². The first-order valence-corrected chi connectivity index (χ1v) is 6.40. The number of amides is 1. The minimum absolute atomic E-state index is 0.00238. The zero-order chi connectivity index (χ0) is 14.3. The van der Waals surface area contributed by atoms with Crippen LogP contribution in [0.3, 0.4) is 0 Å². The van der Waals surface area contributed by atoms with E-state index in [-0.39, 0.29) is 17.7 Å². The van der Waals surface area contributed by atoms with Crippen LogP contribution in [0, 0.1) is 0 Å². The minimum atomic E-state index is -0.258. The molecule has 0 aliphatic heterocycles. The Morgan fingerprint density at radius 2 is 1.95 bits per heavy atom. The van der Waals surface area contributed by atoms with Gasteiger partial charge in [0.25, 0.3) is 0 Å². The second-order valence-corrected chi connectivity index (χ2v) is 4.81. The SMILES string of the molecule is CNC(Cc1ccc(O)cc1)C(=O)NCCN(C)C. The largest absolute Gasteiger partial charge is 0.508 e. The topological polar surface area (TPSA) is 64.6 Å². The van der Waals surface area contributed by atoms with Crippen LogP contribution in [0.15, 0.2) is 24.3 Å². The molecule has 5 heteroatoms. The van der Waals surface area contributed by atoms with Gasteiger partial charge < -0.3 is 20.6 Å². The molecule has 1 aromatic rings. The molecule has 1 aromatic carbocycles. The van der Waals surface area contributed by atoms with E-state index in [1.165, 1.54) is 0 Å². The van der Waals surface area contributed by atoms with Crippen LogP contribution >= 0.6 is 0 Å². The molecule has 0 saturated heterocycles. The van der Waals surface area contributed by atoms with Crippen molar-refractivity contribution in [3.05, 3.63) is 29.8 Å². The summed E-state index contributed by atoms with van der Waals surface area (Å²) in [6.07, 6.45) is 0.602. The molecule has 1 atom stereocenters. The van der Waals surface area contributed by atoms with E-state index < -0.39 is 0 Å². The number of aromatic hydroxyl groups is 1. The predicted octanol–water partition coefficient (Wildman–Crippen LogP) is 0.201. The second kappa shape index (κ2) is 7.76. The lowest BCUT2D eigenvalue weighted by molar-refractivity contribution is -0.123. The summed E-state index contributed by atoms with van der Waals surface area (Å²) in [5.74, 6) is 0.234. The molecule has 0 aliphatic rings. The molecule has 0 heterocycles. The highest BCUT2D eigenvalue weighted by atomic mass is 16.3. The van der Waals surface area contributed by atoms with E-state index in [9.17, 15) is 9.90 Å². The van der Waals surface area contributed by atoms with Crippen LogP contribution in [0.4, 0.5) is 0 Å². The monoisotopic (exact) mass is 265 g/mol. The Morgan fingerprint density at radius 3 is 2.47 bits per heavy atom. The molecule has 0 saturated carbocycles. The van der Waals surface area contributed by atoms with E-state index in [0.29, 0.717) is 13.0 Å². The van der Waals surface area contributed by atoms with Gasteiger partial charge in [-0.15, -0.1) is 0 Å². The van der Waals surface area contributed by atoms with E-state index in [0.717, 1.165) is 12.1 Å². The lowest BCUT2D eigenvalue weighted by Crippen LogP contribution is -2.45. The van der Waals surface area contributed by atoms with Crippen molar-refractivity contribution in [2.75, 3.05) is 34.2 Å². The van der Waals surface area contributed by atoms with Crippen molar-refractivity contribution >= 4 is 5.91 Å². The van der Waals surface area contributed by atoms with Crippen molar-refractivity contribution in [1.82, 2.24) is 15.5 Å². The van der Waals surface area contributed by atoms with Gasteiger partial charge in [-0.25, -0.2) is 0 Å². The van der Waals surface area contributed by atoms with Crippen LogP contribution in [-0.2, 0) is 11.2 Å². The van der Waals surface area contributed by atoms with Crippen LogP contribution < -0.4 is 10.6 Å². The van der Waals surface area contributed by atoms with Gasteiger partial charge in [0.15, 0.2) is 0 Å². The van der Waals surface area contributed by atoms with Crippen LogP contribution in [0.25, 0.3) is 0 Å². The Kier molecular flexibility index (Phi) is 6.32. The summed E-state index contributed by atoms with van der Waals surface area (Å²) in [5.41, 5.74) is 1.01. The first kappa shape index (κ1) is 15.5. The maximum atomic E-state index is 12.0. The number of nitrogens with one attached hydrogen (secondary N) is 2. The number of phenols is 1. The van der Waals surface area contributed by atoms with Crippen molar-refractivity contribution in [2.24, 2.45) is 0 Å². The highest BCUT2D eigenvalue weighted by Crippen LogP contribution is 2.11. The second-order valence-electron chi connectivity index (χ2n) is 4.81. The van der Waals surface area contributed by atoms with Gasteiger partial charge in [-0.1, -0.05) is 12.1 Å². The molecule has 0 aromatic heterocycles. The van der Waals surface area contributed by atoms with Crippen LogP contribution in [0.5, 0.6) is 5.75 Å². The third-order valence-electron chi connectivity index (χ3n) is 2.90. The van der Waals surface area contributed by atoms with Gasteiger partial charge in [-0.2, -0.15) is 0 Å². The number of rotatable bonds is 7. The summed E-state index contributed by atoms with van der Waals surface area (Å²) in [7, 11) is 5.72. The number of phenolic OH excluding ortho intramolecular Hbond substituents is 1.